The van der Waals surface area contributed by atoms with Gasteiger partial charge in [-0.1, -0.05) is 0 Å². The van der Waals surface area contributed by atoms with Crippen LogP contribution >= 0.6 is 0 Å². The zero-order valence-electron chi connectivity index (χ0n) is 11.0. The molecule has 18 heavy (non-hydrogen) atoms. The van der Waals surface area contributed by atoms with Crippen molar-refractivity contribution < 1.29 is 4.74 Å². The maximum absolute atomic E-state index is 6.13. The average molecular weight is 247 g/mol. The van der Waals surface area contributed by atoms with Crippen LogP contribution in [0.5, 0.6) is 0 Å². The molecule has 2 fully saturated rings. The Morgan fingerprint density at radius 1 is 1.22 bits per heavy atom. The molecule has 1 atom stereocenters. The molecular weight excluding hydrogens is 226 g/mol. The summed E-state index contributed by atoms with van der Waals surface area (Å²) in [6, 6.07) is 4.18. The first-order valence-corrected chi connectivity index (χ1v) is 6.75. The first kappa shape index (κ1) is 11.9. The van der Waals surface area contributed by atoms with E-state index in [0.29, 0.717) is 0 Å². The van der Waals surface area contributed by atoms with Gasteiger partial charge in [-0.2, -0.15) is 0 Å². The zero-order valence-corrected chi connectivity index (χ0v) is 11.0. The van der Waals surface area contributed by atoms with Crippen molar-refractivity contribution in [3.63, 3.8) is 0 Å². The number of hydrogen-bond acceptors (Lipinski definition) is 4. The Morgan fingerprint density at radius 2 is 2.06 bits per heavy atom. The van der Waals surface area contributed by atoms with Crippen molar-refractivity contribution in [3.05, 3.63) is 24.5 Å². The van der Waals surface area contributed by atoms with Gasteiger partial charge in [-0.3, -0.25) is 4.98 Å². The molecule has 2 aliphatic rings. The highest BCUT2D eigenvalue weighted by atomic mass is 16.5. The van der Waals surface area contributed by atoms with Crippen LogP contribution in [0.15, 0.2) is 24.5 Å². The minimum absolute atomic E-state index is 0.0362. The highest BCUT2D eigenvalue weighted by Gasteiger charge is 2.39. The fourth-order valence-corrected chi connectivity index (χ4v) is 3.19. The van der Waals surface area contributed by atoms with Gasteiger partial charge in [0.15, 0.2) is 0 Å². The van der Waals surface area contributed by atoms with E-state index < -0.39 is 0 Å². The molecule has 3 rings (SSSR count). The van der Waals surface area contributed by atoms with Gasteiger partial charge in [0.1, 0.15) is 0 Å². The van der Waals surface area contributed by atoms with Gasteiger partial charge >= 0.3 is 0 Å². The number of nitrogens with zero attached hydrogens (tertiary/aromatic N) is 3. The second kappa shape index (κ2) is 4.86. The molecule has 0 amide bonds. The third kappa shape index (κ3) is 2.35. The molecular formula is C14H21N3O. The second-order valence-corrected chi connectivity index (χ2v) is 5.50. The second-order valence-electron chi connectivity index (χ2n) is 5.50. The lowest BCUT2D eigenvalue weighted by atomic mass is 9.91. The van der Waals surface area contributed by atoms with Crippen LogP contribution < -0.4 is 4.90 Å². The number of morpholine rings is 1. The Morgan fingerprint density at radius 3 is 2.83 bits per heavy atom. The molecule has 0 N–H and O–H groups in total. The van der Waals surface area contributed by atoms with Gasteiger partial charge in [-0.25, -0.2) is 0 Å². The van der Waals surface area contributed by atoms with Crippen LogP contribution in [0, 0.1) is 0 Å². The molecule has 4 heteroatoms. The number of piperidine rings is 1. The molecule has 4 nitrogen and oxygen atoms in total. The van der Waals surface area contributed by atoms with Gasteiger partial charge in [-0.05, 0) is 38.6 Å². The minimum atomic E-state index is 0.0362. The topological polar surface area (TPSA) is 28.6 Å². The van der Waals surface area contributed by atoms with Crippen LogP contribution in [0.4, 0.5) is 5.69 Å². The molecule has 1 aromatic rings. The standard InChI is InChI=1S/C14H21N3O/c1-16-8-2-5-14(11-16)12-17(9-10-18-14)13-3-6-15-7-4-13/h3-4,6-7H,2,5,8-12H2,1H3. The molecule has 2 saturated heterocycles. The summed E-state index contributed by atoms with van der Waals surface area (Å²) in [6.45, 7) is 5.06. The molecule has 2 aliphatic heterocycles. The van der Waals surface area contributed by atoms with E-state index in [1.807, 2.05) is 12.4 Å². The van der Waals surface area contributed by atoms with Crippen molar-refractivity contribution >= 4 is 5.69 Å². The Labute approximate surface area is 109 Å². The lowest BCUT2D eigenvalue weighted by Gasteiger charge is -2.48. The Bertz CT molecular complexity index is 393. The Hall–Kier alpha value is -1.13. The third-order valence-corrected chi connectivity index (χ3v) is 4.01. The minimum Gasteiger partial charge on any atom is -0.370 e. The van der Waals surface area contributed by atoms with Crippen LogP contribution in [0.2, 0.25) is 0 Å². The maximum atomic E-state index is 6.13. The Kier molecular flexibility index (Phi) is 3.22. The highest BCUT2D eigenvalue weighted by molar-refractivity contribution is 5.45. The lowest BCUT2D eigenvalue weighted by Crippen LogP contribution is -2.59. The van der Waals surface area contributed by atoms with Gasteiger partial charge in [0.05, 0.1) is 12.2 Å². The van der Waals surface area contributed by atoms with Crippen molar-refractivity contribution in [1.82, 2.24) is 9.88 Å². The molecule has 98 valence electrons. The van der Waals surface area contributed by atoms with Crippen molar-refractivity contribution in [1.29, 1.82) is 0 Å². The van der Waals surface area contributed by atoms with E-state index in [9.17, 15) is 0 Å². The van der Waals surface area contributed by atoms with Crippen LogP contribution in [0.25, 0.3) is 0 Å². The van der Waals surface area contributed by atoms with Crippen LogP contribution in [-0.2, 0) is 4.74 Å². The quantitative estimate of drug-likeness (QED) is 0.749. The van der Waals surface area contributed by atoms with Crippen molar-refractivity contribution in [2.24, 2.45) is 0 Å². The van der Waals surface area contributed by atoms with Crippen LogP contribution in [0.1, 0.15) is 12.8 Å². The number of pyridine rings is 1. The first-order chi connectivity index (χ1) is 8.77. The molecule has 1 aromatic heterocycles. The SMILES string of the molecule is CN1CCCC2(C1)CN(c1ccncc1)CCO2. The third-order valence-electron chi connectivity index (χ3n) is 4.01. The smallest absolute Gasteiger partial charge is 0.0983 e. The van der Waals surface area contributed by atoms with E-state index in [1.54, 1.807) is 0 Å². The fourth-order valence-electron chi connectivity index (χ4n) is 3.19. The number of hydrogen-bond donors (Lipinski definition) is 0. The van der Waals surface area contributed by atoms with Gasteiger partial charge < -0.3 is 14.5 Å². The molecule has 3 heterocycles. The summed E-state index contributed by atoms with van der Waals surface area (Å²) in [5.41, 5.74) is 1.30. The van der Waals surface area contributed by atoms with E-state index in [2.05, 4.69) is 34.0 Å². The number of rotatable bonds is 1. The van der Waals surface area contributed by atoms with E-state index >= 15 is 0 Å². The number of aromatic nitrogens is 1. The normalized spacial score (nSPS) is 29.7. The van der Waals surface area contributed by atoms with Crippen LogP contribution in [-0.4, -0.2) is 55.3 Å². The largest absolute Gasteiger partial charge is 0.370 e. The van der Waals surface area contributed by atoms with E-state index in [4.69, 9.17) is 4.74 Å². The van der Waals surface area contributed by atoms with Gasteiger partial charge in [0, 0.05) is 37.7 Å². The van der Waals surface area contributed by atoms with Crippen LogP contribution in [0.3, 0.4) is 0 Å². The van der Waals surface area contributed by atoms with E-state index in [0.717, 1.165) is 26.2 Å². The molecule has 1 unspecified atom stereocenters. The predicted octanol–water partition coefficient (Wildman–Crippen LogP) is 1.38. The number of anilines is 1. The number of ether oxygens (including phenoxy) is 1. The van der Waals surface area contributed by atoms with Gasteiger partial charge in [0.2, 0.25) is 0 Å². The van der Waals surface area contributed by atoms with Gasteiger partial charge in [-0.15, -0.1) is 0 Å². The average Bonchev–Trinajstić information content (AvgIpc) is 2.39. The highest BCUT2D eigenvalue weighted by Crippen LogP contribution is 2.30. The van der Waals surface area contributed by atoms with Crippen molar-refractivity contribution in [2.75, 3.05) is 44.7 Å². The van der Waals surface area contributed by atoms with Crippen molar-refractivity contribution in [2.45, 2.75) is 18.4 Å². The predicted molar refractivity (Wildman–Crippen MR) is 71.9 cm³/mol. The Balaban J connectivity index is 1.75. The summed E-state index contributed by atoms with van der Waals surface area (Å²) in [5, 5.41) is 0. The van der Waals surface area contributed by atoms with Crippen molar-refractivity contribution in [3.8, 4) is 0 Å². The molecule has 0 bridgehead atoms. The molecule has 0 aliphatic carbocycles. The summed E-state index contributed by atoms with van der Waals surface area (Å²) in [5.74, 6) is 0. The summed E-state index contributed by atoms with van der Waals surface area (Å²) in [7, 11) is 2.19. The zero-order chi connectivity index (χ0) is 12.4. The summed E-state index contributed by atoms with van der Waals surface area (Å²) in [6.07, 6.45) is 6.15. The first-order valence-electron chi connectivity index (χ1n) is 6.75. The number of likely N-dealkylation sites (N-methyl/N-ethyl adjacent to an activating group) is 1. The molecule has 0 saturated carbocycles. The molecule has 0 radical (unpaired) electrons. The lowest BCUT2D eigenvalue weighted by molar-refractivity contribution is -0.0926. The van der Waals surface area contributed by atoms with E-state index in [-0.39, 0.29) is 5.60 Å². The summed E-state index contributed by atoms with van der Waals surface area (Å²) in [4.78, 5) is 8.91. The maximum Gasteiger partial charge on any atom is 0.0983 e. The van der Waals surface area contributed by atoms with E-state index in [1.165, 1.54) is 25.1 Å². The number of likely N-dealkylation sites (tertiary alicyclic amines) is 1. The van der Waals surface area contributed by atoms with Gasteiger partial charge in [0.25, 0.3) is 0 Å². The monoisotopic (exact) mass is 247 g/mol. The fraction of sp³-hybridized carbons (Fsp3) is 0.643. The molecule has 1 spiro atoms. The molecule has 0 aromatic carbocycles. The summed E-state index contributed by atoms with van der Waals surface area (Å²) >= 11 is 0. The summed E-state index contributed by atoms with van der Waals surface area (Å²) < 4.78 is 6.13.